The van der Waals surface area contributed by atoms with Crippen LogP contribution in [0, 0.1) is 21.7 Å². The lowest BCUT2D eigenvalue weighted by molar-refractivity contribution is -0.179. The number of carbonyl (C=O) groups excluding carboxylic acids is 1. The lowest BCUT2D eigenvalue weighted by Gasteiger charge is -2.69. The summed E-state index contributed by atoms with van der Waals surface area (Å²) >= 11 is 0. The van der Waals surface area contributed by atoms with Gasteiger partial charge in [0.1, 0.15) is 5.75 Å². The van der Waals surface area contributed by atoms with E-state index in [1.807, 2.05) is 24.3 Å². The van der Waals surface area contributed by atoms with E-state index in [9.17, 15) is 4.79 Å². The Morgan fingerprint density at radius 1 is 0.812 bits per heavy atom. The van der Waals surface area contributed by atoms with Crippen LogP contribution in [0.1, 0.15) is 71.8 Å². The number of hydrogen-bond donors (Lipinski definition) is 0. The first kappa shape index (κ1) is 21.4. The first-order valence-electron chi connectivity index (χ1n) is 12.0. The van der Waals surface area contributed by atoms with Gasteiger partial charge in [0.05, 0.1) is 0 Å². The van der Waals surface area contributed by atoms with E-state index >= 15 is 0 Å². The van der Waals surface area contributed by atoms with Crippen LogP contribution < -0.4 is 4.74 Å². The SMILES string of the molecule is CC(=O)Oc1ccc(-c2ccc(C=NCC34CC5(C)CC(C)(CC(C)(C5)C3)C4)cc2)cc1. The largest absolute Gasteiger partial charge is 0.427 e. The van der Waals surface area contributed by atoms with Crippen LogP contribution in [0.25, 0.3) is 11.1 Å². The van der Waals surface area contributed by atoms with Crippen molar-refractivity contribution >= 4 is 12.2 Å². The Labute approximate surface area is 192 Å². The summed E-state index contributed by atoms with van der Waals surface area (Å²) in [5.74, 6) is 0.276. The molecule has 4 saturated carbocycles. The van der Waals surface area contributed by atoms with Crippen molar-refractivity contribution in [1.29, 1.82) is 0 Å². The predicted octanol–water partition coefficient (Wildman–Crippen LogP) is 7.08. The zero-order valence-corrected chi connectivity index (χ0v) is 19.9. The quantitative estimate of drug-likeness (QED) is 0.289. The molecule has 2 aromatic rings. The van der Waals surface area contributed by atoms with E-state index in [-0.39, 0.29) is 5.97 Å². The summed E-state index contributed by atoms with van der Waals surface area (Å²) < 4.78 is 5.12. The van der Waals surface area contributed by atoms with Crippen LogP contribution in [0.3, 0.4) is 0 Å². The summed E-state index contributed by atoms with van der Waals surface area (Å²) in [7, 11) is 0. The van der Waals surface area contributed by atoms with Crippen molar-refractivity contribution in [2.45, 2.75) is 66.2 Å². The molecule has 0 saturated heterocycles. The standard InChI is InChI=1S/C29H35NO2/c1-21(31)32-25-11-9-24(10-12-25)23-7-5-22(6-8-23)13-30-20-29-17-26(2)14-27(3,18-29)16-28(4,15-26)19-29/h5-13H,14-20H2,1-4H3. The zero-order chi connectivity index (χ0) is 22.6. The number of carbonyl (C=O) groups is 1. The fourth-order valence-corrected chi connectivity index (χ4v) is 8.71. The normalized spacial score (nSPS) is 35.4. The van der Waals surface area contributed by atoms with E-state index in [4.69, 9.17) is 9.73 Å². The predicted molar refractivity (Wildman–Crippen MR) is 130 cm³/mol. The molecule has 0 radical (unpaired) electrons. The molecule has 6 rings (SSSR count). The van der Waals surface area contributed by atoms with E-state index in [0.717, 1.165) is 23.2 Å². The molecule has 0 unspecified atom stereocenters. The summed E-state index contributed by atoms with van der Waals surface area (Å²) in [5, 5.41) is 0. The summed E-state index contributed by atoms with van der Waals surface area (Å²) in [4.78, 5) is 16.1. The Kier molecular flexibility index (Phi) is 4.89. The number of benzene rings is 2. The molecule has 0 aliphatic heterocycles. The van der Waals surface area contributed by atoms with Gasteiger partial charge < -0.3 is 4.74 Å². The number of aliphatic imine (C=N–C) groups is 1. The van der Waals surface area contributed by atoms with E-state index in [1.54, 1.807) is 0 Å². The molecular weight excluding hydrogens is 394 g/mol. The van der Waals surface area contributed by atoms with Gasteiger partial charge in [-0.1, -0.05) is 57.2 Å². The molecule has 168 valence electrons. The first-order chi connectivity index (χ1) is 15.1. The van der Waals surface area contributed by atoms with Gasteiger partial charge in [-0.15, -0.1) is 0 Å². The molecule has 0 N–H and O–H groups in total. The van der Waals surface area contributed by atoms with Gasteiger partial charge >= 0.3 is 5.97 Å². The lowest BCUT2D eigenvalue weighted by Crippen LogP contribution is -2.59. The number of nitrogens with zero attached hydrogens (tertiary/aromatic N) is 1. The van der Waals surface area contributed by atoms with Gasteiger partial charge in [-0.3, -0.25) is 9.79 Å². The second kappa shape index (κ2) is 7.30. The Morgan fingerprint density at radius 3 is 1.75 bits per heavy atom. The van der Waals surface area contributed by atoms with E-state index < -0.39 is 0 Å². The first-order valence-corrected chi connectivity index (χ1v) is 12.0. The Balaban J connectivity index is 1.26. The van der Waals surface area contributed by atoms with Crippen molar-refractivity contribution < 1.29 is 9.53 Å². The van der Waals surface area contributed by atoms with E-state index in [1.165, 1.54) is 45.4 Å². The maximum absolute atomic E-state index is 11.1. The summed E-state index contributed by atoms with van der Waals surface area (Å²) in [5.41, 5.74) is 5.34. The third-order valence-electron chi connectivity index (χ3n) is 7.99. The third kappa shape index (κ3) is 4.14. The number of esters is 1. The minimum atomic E-state index is -0.299. The molecule has 4 aliphatic rings. The molecule has 0 spiro atoms. The fourth-order valence-electron chi connectivity index (χ4n) is 8.71. The van der Waals surface area contributed by atoms with Gasteiger partial charge in [0.25, 0.3) is 0 Å². The molecule has 4 aliphatic carbocycles. The van der Waals surface area contributed by atoms with Crippen LogP contribution in [0.2, 0.25) is 0 Å². The smallest absolute Gasteiger partial charge is 0.308 e. The van der Waals surface area contributed by atoms with E-state index in [0.29, 0.717) is 27.4 Å². The summed E-state index contributed by atoms with van der Waals surface area (Å²) in [6, 6.07) is 16.2. The maximum atomic E-state index is 11.1. The topological polar surface area (TPSA) is 38.7 Å². The zero-order valence-electron chi connectivity index (χ0n) is 19.9. The number of rotatable bonds is 5. The average Bonchev–Trinajstić information content (AvgIpc) is 2.65. The Bertz CT molecular complexity index is 996. The highest BCUT2D eigenvalue weighted by atomic mass is 16.5. The minimum absolute atomic E-state index is 0.299. The van der Waals surface area contributed by atoms with Crippen LogP contribution in [0.5, 0.6) is 5.75 Å². The highest BCUT2D eigenvalue weighted by Gasteiger charge is 2.63. The van der Waals surface area contributed by atoms with Crippen LogP contribution in [-0.4, -0.2) is 18.7 Å². The molecule has 0 heterocycles. The number of hydrogen-bond acceptors (Lipinski definition) is 3. The van der Waals surface area contributed by atoms with Crippen molar-refractivity contribution in [2.75, 3.05) is 6.54 Å². The highest BCUT2D eigenvalue weighted by molar-refractivity contribution is 5.81. The third-order valence-corrected chi connectivity index (χ3v) is 7.99. The Hall–Kier alpha value is -2.42. The van der Waals surface area contributed by atoms with Crippen LogP contribution in [0.15, 0.2) is 53.5 Å². The van der Waals surface area contributed by atoms with Crippen molar-refractivity contribution in [3.8, 4) is 16.9 Å². The molecule has 0 atom stereocenters. The van der Waals surface area contributed by atoms with Gasteiger partial charge in [0.15, 0.2) is 0 Å². The van der Waals surface area contributed by atoms with Crippen molar-refractivity contribution in [1.82, 2.24) is 0 Å². The summed E-state index contributed by atoms with van der Waals surface area (Å²) in [6.45, 7) is 10.00. The molecule has 3 nitrogen and oxygen atoms in total. The molecule has 2 aromatic carbocycles. The van der Waals surface area contributed by atoms with Gasteiger partial charge in [-0.25, -0.2) is 0 Å². The van der Waals surface area contributed by atoms with Crippen LogP contribution in [-0.2, 0) is 4.79 Å². The van der Waals surface area contributed by atoms with Gasteiger partial charge in [-0.2, -0.15) is 0 Å². The highest BCUT2D eigenvalue weighted by Crippen LogP contribution is 2.73. The second-order valence-electron chi connectivity index (χ2n) is 12.2. The lowest BCUT2D eigenvalue weighted by atomic mass is 9.36. The Morgan fingerprint density at radius 2 is 1.28 bits per heavy atom. The molecule has 4 fully saturated rings. The van der Waals surface area contributed by atoms with Crippen LogP contribution >= 0.6 is 0 Å². The second-order valence-corrected chi connectivity index (χ2v) is 12.2. The van der Waals surface area contributed by atoms with Crippen molar-refractivity contribution in [3.05, 3.63) is 54.1 Å². The molecular formula is C29H35NO2. The molecule has 0 aromatic heterocycles. The van der Waals surface area contributed by atoms with Gasteiger partial charge in [-0.05, 0) is 89.0 Å². The molecule has 0 amide bonds. The van der Waals surface area contributed by atoms with Crippen molar-refractivity contribution in [3.63, 3.8) is 0 Å². The van der Waals surface area contributed by atoms with E-state index in [2.05, 4.69) is 51.3 Å². The van der Waals surface area contributed by atoms with Gasteiger partial charge in [0, 0.05) is 19.7 Å². The van der Waals surface area contributed by atoms with Crippen LogP contribution in [0.4, 0.5) is 0 Å². The average molecular weight is 430 g/mol. The number of ether oxygens (including phenoxy) is 1. The fraction of sp³-hybridized carbons (Fsp3) is 0.517. The maximum Gasteiger partial charge on any atom is 0.308 e. The molecule has 4 bridgehead atoms. The van der Waals surface area contributed by atoms with Crippen molar-refractivity contribution in [2.24, 2.45) is 26.7 Å². The molecule has 3 heteroatoms. The summed E-state index contributed by atoms with van der Waals surface area (Å²) in [6.07, 6.45) is 10.3. The minimum Gasteiger partial charge on any atom is -0.427 e. The molecule has 32 heavy (non-hydrogen) atoms. The monoisotopic (exact) mass is 429 g/mol. The van der Waals surface area contributed by atoms with Gasteiger partial charge in [0.2, 0.25) is 0 Å².